The van der Waals surface area contributed by atoms with Crippen LogP contribution in [0.1, 0.15) is 39.1 Å². The molecule has 0 spiro atoms. The molecule has 5 nitrogen and oxygen atoms in total. The SMILES string of the molecule is O=C(Nc1cccc(NC(=O)C2CC2)c1)c1ccc2c(c1)C(=O)c1ccccc1-2. The third-order valence-corrected chi connectivity index (χ3v) is 5.32. The smallest absolute Gasteiger partial charge is 0.255 e. The van der Waals surface area contributed by atoms with Gasteiger partial charge in [-0.3, -0.25) is 14.4 Å². The molecule has 5 rings (SSSR count). The summed E-state index contributed by atoms with van der Waals surface area (Å²) in [5, 5.41) is 5.71. The zero-order chi connectivity index (χ0) is 20.0. The number of benzene rings is 3. The third-order valence-electron chi connectivity index (χ3n) is 5.32. The molecule has 5 heteroatoms. The van der Waals surface area contributed by atoms with Gasteiger partial charge in [0.2, 0.25) is 5.91 Å². The van der Waals surface area contributed by atoms with Crippen molar-refractivity contribution in [1.82, 2.24) is 0 Å². The summed E-state index contributed by atoms with van der Waals surface area (Å²) in [6.07, 6.45) is 1.87. The van der Waals surface area contributed by atoms with Gasteiger partial charge in [0.25, 0.3) is 5.91 Å². The zero-order valence-electron chi connectivity index (χ0n) is 15.6. The van der Waals surface area contributed by atoms with E-state index in [1.807, 2.05) is 24.3 Å². The number of ketones is 1. The summed E-state index contributed by atoms with van der Waals surface area (Å²) in [7, 11) is 0. The van der Waals surface area contributed by atoms with E-state index in [-0.39, 0.29) is 23.5 Å². The van der Waals surface area contributed by atoms with Gasteiger partial charge in [-0.2, -0.15) is 0 Å². The minimum Gasteiger partial charge on any atom is -0.326 e. The molecule has 0 atom stereocenters. The van der Waals surface area contributed by atoms with Crippen molar-refractivity contribution in [2.24, 2.45) is 5.92 Å². The van der Waals surface area contributed by atoms with E-state index < -0.39 is 0 Å². The molecule has 1 saturated carbocycles. The highest BCUT2D eigenvalue weighted by atomic mass is 16.2. The van der Waals surface area contributed by atoms with E-state index in [1.165, 1.54) is 0 Å². The molecule has 2 N–H and O–H groups in total. The van der Waals surface area contributed by atoms with Crippen LogP contribution in [0.2, 0.25) is 0 Å². The lowest BCUT2D eigenvalue weighted by Crippen LogP contribution is -2.15. The quantitative estimate of drug-likeness (QED) is 0.546. The van der Waals surface area contributed by atoms with Gasteiger partial charge >= 0.3 is 0 Å². The number of anilines is 2. The number of hydrogen-bond acceptors (Lipinski definition) is 3. The molecule has 29 heavy (non-hydrogen) atoms. The lowest BCUT2D eigenvalue weighted by atomic mass is 10.0. The lowest BCUT2D eigenvalue weighted by Gasteiger charge is -2.09. The van der Waals surface area contributed by atoms with Crippen molar-refractivity contribution in [3.8, 4) is 11.1 Å². The molecule has 0 saturated heterocycles. The Morgan fingerprint density at radius 2 is 1.41 bits per heavy atom. The topological polar surface area (TPSA) is 75.3 Å². The van der Waals surface area contributed by atoms with Crippen LogP contribution in [0.25, 0.3) is 11.1 Å². The first-order chi connectivity index (χ1) is 14.1. The number of nitrogens with one attached hydrogen (secondary N) is 2. The molecule has 142 valence electrons. The van der Waals surface area contributed by atoms with Crippen LogP contribution in [0.4, 0.5) is 11.4 Å². The number of carbonyl (C=O) groups is 3. The van der Waals surface area contributed by atoms with Crippen LogP contribution in [0.15, 0.2) is 66.7 Å². The molecule has 2 aliphatic carbocycles. The lowest BCUT2D eigenvalue weighted by molar-refractivity contribution is -0.117. The maximum absolute atomic E-state index is 12.7. The molecular formula is C24H18N2O3. The number of amides is 2. The first kappa shape index (κ1) is 17.4. The predicted octanol–water partition coefficient (Wildman–Crippen LogP) is 4.50. The Hall–Kier alpha value is -3.73. The first-order valence-corrected chi connectivity index (χ1v) is 9.60. The van der Waals surface area contributed by atoms with E-state index in [9.17, 15) is 14.4 Å². The molecule has 0 aromatic heterocycles. The average Bonchev–Trinajstić information content (AvgIpc) is 3.55. The fourth-order valence-corrected chi connectivity index (χ4v) is 3.64. The summed E-state index contributed by atoms with van der Waals surface area (Å²) in [5.74, 6) is -0.233. The molecule has 0 bridgehead atoms. The van der Waals surface area contributed by atoms with Gasteiger partial charge in [0, 0.05) is 34.0 Å². The molecule has 2 aliphatic rings. The Morgan fingerprint density at radius 3 is 2.17 bits per heavy atom. The van der Waals surface area contributed by atoms with E-state index >= 15 is 0 Å². The number of rotatable bonds is 4. The largest absolute Gasteiger partial charge is 0.326 e. The summed E-state index contributed by atoms with van der Waals surface area (Å²) in [6, 6.07) is 19.7. The second-order valence-corrected chi connectivity index (χ2v) is 7.43. The van der Waals surface area contributed by atoms with E-state index in [2.05, 4.69) is 10.6 Å². The van der Waals surface area contributed by atoms with Crippen LogP contribution in [0, 0.1) is 5.92 Å². The van der Waals surface area contributed by atoms with Crippen LogP contribution in [0.3, 0.4) is 0 Å². The first-order valence-electron chi connectivity index (χ1n) is 9.60. The van der Waals surface area contributed by atoms with Gasteiger partial charge < -0.3 is 10.6 Å². The fraction of sp³-hybridized carbons (Fsp3) is 0.125. The Kier molecular flexibility index (Phi) is 4.02. The van der Waals surface area contributed by atoms with E-state index in [0.29, 0.717) is 28.1 Å². The molecule has 0 unspecified atom stereocenters. The summed E-state index contributed by atoms with van der Waals surface area (Å²) in [6.45, 7) is 0. The molecule has 0 radical (unpaired) electrons. The van der Waals surface area contributed by atoms with Gasteiger partial charge in [0.05, 0.1) is 0 Å². The normalized spacial score (nSPS) is 14.1. The van der Waals surface area contributed by atoms with Gasteiger partial charge in [0.15, 0.2) is 5.78 Å². The zero-order valence-corrected chi connectivity index (χ0v) is 15.6. The number of carbonyl (C=O) groups excluding carboxylic acids is 3. The second-order valence-electron chi connectivity index (χ2n) is 7.43. The molecule has 2 amide bonds. The summed E-state index contributed by atoms with van der Waals surface area (Å²) in [5.41, 5.74) is 4.62. The highest BCUT2D eigenvalue weighted by molar-refractivity contribution is 6.22. The summed E-state index contributed by atoms with van der Waals surface area (Å²) < 4.78 is 0. The number of hydrogen-bond donors (Lipinski definition) is 2. The highest BCUT2D eigenvalue weighted by Gasteiger charge is 2.29. The number of fused-ring (bicyclic) bond motifs is 3. The van der Waals surface area contributed by atoms with Crippen molar-refractivity contribution in [2.75, 3.05) is 10.6 Å². The maximum Gasteiger partial charge on any atom is 0.255 e. The monoisotopic (exact) mass is 382 g/mol. The third kappa shape index (κ3) is 3.21. The van der Waals surface area contributed by atoms with E-state index in [1.54, 1.807) is 42.5 Å². The standard InChI is InChI=1S/C24H18N2O3/c27-22-20-7-2-1-6-18(20)19-11-10-15(12-21(19)22)24(29)26-17-5-3-4-16(13-17)25-23(28)14-8-9-14/h1-7,10-14H,8-9H2,(H,25,28)(H,26,29). The van der Waals surface area contributed by atoms with Crippen LogP contribution in [-0.2, 0) is 4.79 Å². The van der Waals surface area contributed by atoms with Crippen LogP contribution in [0.5, 0.6) is 0 Å². The minimum atomic E-state index is -0.303. The van der Waals surface area contributed by atoms with Crippen molar-refractivity contribution in [3.63, 3.8) is 0 Å². The van der Waals surface area contributed by atoms with E-state index in [0.717, 1.165) is 24.0 Å². The van der Waals surface area contributed by atoms with Crippen molar-refractivity contribution in [1.29, 1.82) is 0 Å². The molecule has 0 heterocycles. The van der Waals surface area contributed by atoms with E-state index in [4.69, 9.17) is 0 Å². The Labute approximate surface area is 167 Å². The Balaban J connectivity index is 1.36. The van der Waals surface area contributed by atoms with Crippen molar-refractivity contribution in [3.05, 3.63) is 83.4 Å². The Morgan fingerprint density at radius 1 is 0.724 bits per heavy atom. The molecular weight excluding hydrogens is 364 g/mol. The fourth-order valence-electron chi connectivity index (χ4n) is 3.64. The van der Waals surface area contributed by atoms with Crippen LogP contribution in [-0.4, -0.2) is 17.6 Å². The molecule has 0 aliphatic heterocycles. The van der Waals surface area contributed by atoms with Gasteiger partial charge in [-0.1, -0.05) is 36.4 Å². The molecule has 3 aromatic rings. The minimum absolute atomic E-state index is 0.0187. The van der Waals surface area contributed by atoms with Gasteiger partial charge in [-0.05, 0) is 54.3 Å². The van der Waals surface area contributed by atoms with Gasteiger partial charge in [-0.15, -0.1) is 0 Å². The van der Waals surface area contributed by atoms with Gasteiger partial charge in [-0.25, -0.2) is 0 Å². The molecule has 3 aromatic carbocycles. The predicted molar refractivity (Wildman–Crippen MR) is 111 cm³/mol. The van der Waals surface area contributed by atoms with Crippen LogP contribution >= 0.6 is 0 Å². The van der Waals surface area contributed by atoms with Crippen molar-refractivity contribution in [2.45, 2.75) is 12.8 Å². The summed E-state index contributed by atoms with van der Waals surface area (Å²) in [4.78, 5) is 37.3. The van der Waals surface area contributed by atoms with Crippen LogP contribution < -0.4 is 10.6 Å². The molecule has 1 fully saturated rings. The maximum atomic E-state index is 12.7. The second kappa shape index (κ2) is 6.71. The highest BCUT2D eigenvalue weighted by Crippen LogP contribution is 2.36. The van der Waals surface area contributed by atoms with Crippen molar-refractivity contribution >= 4 is 29.0 Å². The summed E-state index contributed by atoms with van der Waals surface area (Å²) >= 11 is 0. The Bertz CT molecular complexity index is 1180. The van der Waals surface area contributed by atoms with Crippen molar-refractivity contribution < 1.29 is 14.4 Å². The van der Waals surface area contributed by atoms with Gasteiger partial charge in [0.1, 0.15) is 0 Å². The average molecular weight is 382 g/mol.